The molecule has 2 aromatic carbocycles. The molecule has 0 fully saturated rings. The van der Waals surface area contributed by atoms with Gasteiger partial charge in [0, 0.05) is 18.3 Å². The van der Waals surface area contributed by atoms with Crippen LogP contribution in [0.3, 0.4) is 0 Å². The van der Waals surface area contributed by atoms with Crippen LogP contribution in [-0.2, 0) is 6.54 Å². The number of rotatable bonds is 7. The van der Waals surface area contributed by atoms with Crippen molar-refractivity contribution < 1.29 is 14.9 Å². The van der Waals surface area contributed by atoms with Crippen LogP contribution in [0.1, 0.15) is 36.5 Å². The highest BCUT2D eigenvalue weighted by molar-refractivity contribution is 6.24. The Bertz CT molecular complexity index is 847. The smallest absolute Gasteiger partial charge is 0.142 e. The normalized spacial score (nSPS) is 10.8. The lowest BCUT2D eigenvalue weighted by Crippen LogP contribution is -2.38. The maximum absolute atomic E-state index is 10.5. The van der Waals surface area contributed by atoms with E-state index in [0.29, 0.717) is 18.0 Å². The minimum Gasteiger partial charge on any atom is -0.507 e. The molecule has 2 aromatic rings. The molecule has 0 radical (unpaired) electrons. The number of phenolic OH excluding ortho intramolecular Hbond substituents is 1. The molecule has 0 heterocycles. The molecule has 0 aromatic heterocycles. The second-order valence-corrected chi connectivity index (χ2v) is 6.75. The van der Waals surface area contributed by atoms with Gasteiger partial charge in [0.2, 0.25) is 0 Å². The maximum Gasteiger partial charge on any atom is 0.142 e. The lowest BCUT2D eigenvalue weighted by molar-refractivity contribution is 0.355. The number of methoxy groups -OCH3 is 1. The van der Waals surface area contributed by atoms with Crippen LogP contribution < -0.4 is 15.0 Å². The first kappa shape index (κ1) is 21.4. The van der Waals surface area contributed by atoms with E-state index >= 15 is 0 Å². The molecule has 0 aliphatic rings. The number of hydrogen-bond acceptors (Lipinski definition) is 6. The summed E-state index contributed by atoms with van der Waals surface area (Å²) in [5, 5.41) is 39.9. The van der Waals surface area contributed by atoms with E-state index < -0.39 is 6.61 Å². The molecule has 7 heteroatoms. The number of aliphatic hydroxyl groups excluding tert-OH is 1. The fourth-order valence-corrected chi connectivity index (χ4v) is 2.98. The molecule has 0 aliphatic heterocycles. The van der Waals surface area contributed by atoms with Crippen LogP contribution in [0.15, 0.2) is 36.4 Å². The second-order valence-electron chi connectivity index (χ2n) is 6.75. The number of aliphatic hydroxyl groups is 1. The van der Waals surface area contributed by atoms with E-state index in [1.54, 1.807) is 18.2 Å². The van der Waals surface area contributed by atoms with Gasteiger partial charge in [-0.1, -0.05) is 26.0 Å². The van der Waals surface area contributed by atoms with Gasteiger partial charge in [-0.2, -0.15) is 0 Å². The molecule has 5 N–H and O–H groups in total. The number of hydrogen-bond donors (Lipinski definition) is 5. The Morgan fingerprint density at radius 1 is 1.18 bits per heavy atom. The maximum atomic E-state index is 10.5. The zero-order valence-corrected chi connectivity index (χ0v) is 16.7. The Labute approximate surface area is 165 Å². The van der Waals surface area contributed by atoms with Crippen molar-refractivity contribution in [2.75, 3.05) is 25.7 Å². The molecular formula is C21H28N4O3. The lowest BCUT2D eigenvalue weighted by atomic mass is 9.98. The number of amidine groups is 2. The lowest BCUT2D eigenvalue weighted by Gasteiger charge is -2.26. The SMILES string of the molecule is CNCc1ccc(N(C(=N)CO)C(=N)c2cc(C(C)C)c(OC)cc2O)cc1. The van der Waals surface area contributed by atoms with Gasteiger partial charge >= 0.3 is 0 Å². The molecule has 0 amide bonds. The van der Waals surface area contributed by atoms with Crippen LogP contribution in [0, 0.1) is 10.8 Å². The number of nitrogens with one attached hydrogen (secondary N) is 3. The number of nitrogens with zero attached hydrogens (tertiary/aromatic N) is 1. The Morgan fingerprint density at radius 2 is 1.82 bits per heavy atom. The summed E-state index contributed by atoms with van der Waals surface area (Å²) in [4.78, 5) is 1.31. The minimum atomic E-state index is -0.533. The molecule has 0 saturated carbocycles. The van der Waals surface area contributed by atoms with Gasteiger partial charge < -0.3 is 20.3 Å². The van der Waals surface area contributed by atoms with E-state index in [9.17, 15) is 10.2 Å². The molecule has 0 unspecified atom stereocenters. The predicted molar refractivity (Wildman–Crippen MR) is 112 cm³/mol. The highest BCUT2D eigenvalue weighted by atomic mass is 16.5. The number of benzene rings is 2. The Hall–Kier alpha value is -2.90. The molecular weight excluding hydrogens is 356 g/mol. The molecule has 0 bridgehead atoms. The van der Waals surface area contributed by atoms with E-state index in [2.05, 4.69) is 5.32 Å². The summed E-state index contributed by atoms with van der Waals surface area (Å²) in [5.74, 6) is 0.293. The summed E-state index contributed by atoms with van der Waals surface area (Å²) in [6, 6.07) is 10.5. The zero-order chi connectivity index (χ0) is 20.8. The molecule has 150 valence electrons. The van der Waals surface area contributed by atoms with Crippen molar-refractivity contribution in [1.29, 1.82) is 10.8 Å². The largest absolute Gasteiger partial charge is 0.507 e. The molecule has 0 aliphatic carbocycles. The first-order valence-electron chi connectivity index (χ1n) is 9.05. The van der Waals surface area contributed by atoms with Crippen LogP contribution >= 0.6 is 0 Å². The fraction of sp³-hybridized carbons (Fsp3) is 0.333. The molecule has 0 atom stereocenters. The first-order chi connectivity index (χ1) is 13.3. The van der Waals surface area contributed by atoms with Crippen LogP contribution in [0.2, 0.25) is 0 Å². The Morgan fingerprint density at radius 3 is 2.32 bits per heavy atom. The van der Waals surface area contributed by atoms with Gasteiger partial charge in [0.25, 0.3) is 0 Å². The first-order valence-corrected chi connectivity index (χ1v) is 9.05. The van der Waals surface area contributed by atoms with Gasteiger partial charge in [0.15, 0.2) is 0 Å². The van der Waals surface area contributed by atoms with Crippen molar-refractivity contribution in [3.05, 3.63) is 53.1 Å². The average Bonchev–Trinajstić information content (AvgIpc) is 2.68. The van der Waals surface area contributed by atoms with Crippen LogP contribution in [0.5, 0.6) is 11.5 Å². The van der Waals surface area contributed by atoms with Crippen molar-refractivity contribution in [2.45, 2.75) is 26.3 Å². The van der Waals surface area contributed by atoms with Crippen molar-refractivity contribution in [3.63, 3.8) is 0 Å². The van der Waals surface area contributed by atoms with Gasteiger partial charge in [-0.25, -0.2) is 0 Å². The third kappa shape index (κ3) is 4.49. The molecule has 28 heavy (non-hydrogen) atoms. The third-order valence-electron chi connectivity index (χ3n) is 4.44. The minimum absolute atomic E-state index is 0.0949. The average molecular weight is 384 g/mol. The van der Waals surface area contributed by atoms with Gasteiger partial charge in [-0.3, -0.25) is 15.7 Å². The summed E-state index contributed by atoms with van der Waals surface area (Å²) in [7, 11) is 3.39. The number of anilines is 1. The van der Waals surface area contributed by atoms with E-state index in [-0.39, 0.29) is 28.9 Å². The summed E-state index contributed by atoms with van der Waals surface area (Å²) in [5.41, 5.74) is 2.73. The molecule has 0 saturated heterocycles. The highest BCUT2D eigenvalue weighted by Crippen LogP contribution is 2.34. The standard InChI is InChI=1S/C21H28N4O3/c1-13(2)16-9-17(18(27)10-19(16)28-4)21(23)25(20(22)12-26)15-7-5-14(6-8-15)11-24-3/h5-10,13,22-24,26-27H,11-12H2,1-4H3. The van der Waals surface area contributed by atoms with E-state index in [1.807, 2.05) is 33.0 Å². The number of aromatic hydroxyl groups is 1. The number of phenols is 1. The topological polar surface area (TPSA) is 113 Å². The van der Waals surface area contributed by atoms with E-state index in [4.69, 9.17) is 15.6 Å². The van der Waals surface area contributed by atoms with Crippen LogP contribution in [0.25, 0.3) is 0 Å². The quantitative estimate of drug-likeness (QED) is 0.372. The summed E-state index contributed by atoms with van der Waals surface area (Å²) < 4.78 is 5.34. The van der Waals surface area contributed by atoms with Crippen molar-refractivity contribution in [2.24, 2.45) is 0 Å². The summed E-state index contributed by atoms with van der Waals surface area (Å²) in [6.45, 7) is 4.16. The molecule has 7 nitrogen and oxygen atoms in total. The zero-order valence-electron chi connectivity index (χ0n) is 16.7. The predicted octanol–water partition coefficient (Wildman–Crippen LogP) is 3.05. The van der Waals surface area contributed by atoms with Gasteiger partial charge in [0.1, 0.15) is 29.8 Å². The van der Waals surface area contributed by atoms with Crippen molar-refractivity contribution >= 4 is 17.4 Å². The Balaban J connectivity index is 2.51. The van der Waals surface area contributed by atoms with Crippen LogP contribution in [-0.4, -0.2) is 42.6 Å². The van der Waals surface area contributed by atoms with E-state index in [1.165, 1.54) is 18.1 Å². The van der Waals surface area contributed by atoms with Gasteiger partial charge in [0.05, 0.1) is 12.7 Å². The molecule has 0 spiro atoms. The third-order valence-corrected chi connectivity index (χ3v) is 4.44. The second kappa shape index (κ2) is 9.34. The summed E-state index contributed by atoms with van der Waals surface area (Å²) >= 11 is 0. The summed E-state index contributed by atoms with van der Waals surface area (Å²) in [6.07, 6.45) is 0. The highest BCUT2D eigenvalue weighted by Gasteiger charge is 2.23. The Kier molecular flexibility index (Phi) is 7.14. The fourth-order valence-electron chi connectivity index (χ4n) is 2.98. The monoisotopic (exact) mass is 384 g/mol. The van der Waals surface area contributed by atoms with Crippen molar-refractivity contribution in [3.8, 4) is 11.5 Å². The van der Waals surface area contributed by atoms with Crippen LogP contribution in [0.4, 0.5) is 5.69 Å². The van der Waals surface area contributed by atoms with Gasteiger partial charge in [-0.05, 0) is 42.3 Å². The van der Waals surface area contributed by atoms with Crippen molar-refractivity contribution in [1.82, 2.24) is 5.32 Å². The molecule has 2 rings (SSSR count). The van der Waals surface area contributed by atoms with Gasteiger partial charge in [-0.15, -0.1) is 0 Å². The number of ether oxygens (including phenoxy) is 1. The van der Waals surface area contributed by atoms with E-state index in [0.717, 1.165) is 11.1 Å².